The standard InChI is InChI=1S/C17H23NO4/c1-17(2,3)22-15(19)12-10-13(16(20)21-4)18-14(12)11-8-6-5-7-9-11/h5-9,12-14,18H,10H2,1-4H3. The number of ether oxygens (including phenoxy) is 2. The number of benzene rings is 1. The Morgan fingerprint density at radius 3 is 2.32 bits per heavy atom. The predicted octanol–water partition coefficient (Wildman–Crippen LogP) is 2.22. The summed E-state index contributed by atoms with van der Waals surface area (Å²) in [4.78, 5) is 24.3. The minimum absolute atomic E-state index is 0.250. The van der Waals surface area contributed by atoms with Crippen LogP contribution in [-0.4, -0.2) is 30.7 Å². The van der Waals surface area contributed by atoms with Crippen molar-refractivity contribution in [2.75, 3.05) is 7.11 Å². The quantitative estimate of drug-likeness (QED) is 0.868. The molecular weight excluding hydrogens is 282 g/mol. The molecule has 0 aromatic heterocycles. The molecule has 5 heteroatoms. The van der Waals surface area contributed by atoms with Gasteiger partial charge in [-0.1, -0.05) is 30.3 Å². The third-order valence-electron chi connectivity index (χ3n) is 3.63. The van der Waals surface area contributed by atoms with Crippen LogP contribution in [0.5, 0.6) is 0 Å². The molecule has 0 radical (unpaired) electrons. The minimum Gasteiger partial charge on any atom is -0.468 e. The normalized spacial score (nSPS) is 24.8. The van der Waals surface area contributed by atoms with E-state index in [-0.39, 0.29) is 18.0 Å². The van der Waals surface area contributed by atoms with Gasteiger partial charge in [-0.3, -0.25) is 14.9 Å². The van der Waals surface area contributed by atoms with Crippen LogP contribution in [0, 0.1) is 5.92 Å². The maximum absolute atomic E-state index is 12.5. The molecule has 1 fully saturated rings. The summed E-state index contributed by atoms with van der Waals surface area (Å²) in [5.74, 6) is -1.06. The second-order valence-electron chi connectivity index (χ2n) is 6.51. The van der Waals surface area contributed by atoms with Crippen molar-refractivity contribution < 1.29 is 19.1 Å². The van der Waals surface area contributed by atoms with Gasteiger partial charge >= 0.3 is 11.9 Å². The number of esters is 2. The van der Waals surface area contributed by atoms with Crippen LogP contribution in [0.1, 0.15) is 38.8 Å². The monoisotopic (exact) mass is 305 g/mol. The minimum atomic E-state index is -0.554. The lowest BCUT2D eigenvalue weighted by Gasteiger charge is -2.25. The van der Waals surface area contributed by atoms with Crippen LogP contribution < -0.4 is 5.32 Å². The van der Waals surface area contributed by atoms with Crippen LogP contribution in [-0.2, 0) is 19.1 Å². The molecule has 1 saturated heterocycles. The zero-order valence-electron chi connectivity index (χ0n) is 13.5. The molecule has 1 heterocycles. The molecule has 0 bridgehead atoms. The molecular formula is C17H23NO4. The molecule has 0 aliphatic carbocycles. The summed E-state index contributed by atoms with van der Waals surface area (Å²) >= 11 is 0. The first-order valence-electron chi connectivity index (χ1n) is 7.43. The van der Waals surface area contributed by atoms with Crippen LogP contribution >= 0.6 is 0 Å². The van der Waals surface area contributed by atoms with Gasteiger partial charge in [-0.15, -0.1) is 0 Å². The smallest absolute Gasteiger partial charge is 0.322 e. The van der Waals surface area contributed by atoms with E-state index >= 15 is 0 Å². The van der Waals surface area contributed by atoms with Gasteiger partial charge in [-0.2, -0.15) is 0 Å². The molecule has 1 aromatic rings. The van der Waals surface area contributed by atoms with E-state index in [0.29, 0.717) is 6.42 Å². The lowest BCUT2D eigenvalue weighted by molar-refractivity contribution is -0.160. The fourth-order valence-corrected chi connectivity index (χ4v) is 2.70. The first-order chi connectivity index (χ1) is 10.3. The van der Waals surface area contributed by atoms with Gasteiger partial charge in [-0.05, 0) is 32.8 Å². The van der Waals surface area contributed by atoms with Crippen LogP contribution in [0.3, 0.4) is 0 Å². The molecule has 1 aliphatic rings. The maximum Gasteiger partial charge on any atom is 0.322 e. The van der Waals surface area contributed by atoms with Crippen LogP contribution in [0.2, 0.25) is 0 Å². The lowest BCUT2D eigenvalue weighted by atomic mass is 9.93. The van der Waals surface area contributed by atoms with Gasteiger partial charge in [0.25, 0.3) is 0 Å². The van der Waals surface area contributed by atoms with E-state index in [4.69, 9.17) is 9.47 Å². The Morgan fingerprint density at radius 1 is 1.14 bits per heavy atom. The summed E-state index contributed by atoms with van der Waals surface area (Å²) < 4.78 is 10.3. The number of rotatable bonds is 3. The number of carbonyl (C=O) groups excluding carboxylic acids is 2. The summed E-state index contributed by atoms with van der Waals surface area (Å²) in [7, 11) is 1.35. The second-order valence-corrected chi connectivity index (χ2v) is 6.51. The number of nitrogens with one attached hydrogen (secondary N) is 1. The Labute approximate surface area is 131 Å². The number of hydrogen-bond donors (Lipinski definition) is 1. The first kappa shape index (κ1) is 16.5. The van der Waals surface area contributed by atoms with Gasteiger partial charge in [0.2, 0.25) is 0 Å². The first-order valence-corrected chi connectivity index (χ1v) is 7.43. The SMILES string of the molecule is COC(=O)C1CC(C(=O)OC(C)(C)C)C(c2ccccc2)N1. The highest BCUT2D eigenvalue weighted by Crippen LogP contribution is 2.34. The summed E-state index contributed by atoms with van der Waals surface area (Å²) in [6.07, 6.45) is 0.376. The third-order valence-corrected chi connectivity index (χ3v) is 3.63. The summed E-state index contributed by atoms with van der Waals surface area (Å²) in [5.41, 5.74) is 0.409. The van der Waals surface area contributed by atoms with Gasteiger partial charge in [0.05, 0.1) is 13.0 Å². The number of carbonyl (C=O) groups is 2. The number of methoxy groups -OCH3 is 1. The van der Waals surface area contributed by atoms with Crippen molar-refractivity contribution in [3.8, 4) is 0 Å². The summed E-state index contributed by atoms with van der Waals surface area (Å²) in [6.45, 7) is 5.51. The Bertz CT molecular complexity index is 535. The highest BCUT2D eigenvalue weighted by Gasteiger charge is 2.44. The van der Waals surface area contributed by atoms with E-state index in [2.05, 4.69) is 5.32 Å². The van der Waals surface area contributed by atoms with Gasteiger partial charge in [-0.25, -0.2) is 0 Å². The summed E-state index contributed by atoms with van der Waals surface area (Å²) in [6, 6.07) is 8.87. The van der Waals surface area contributed by atoms with E-state index in [1.54, 1.807) is 0 Å². The Kier molecular flexibility index (Phi) is 4.86. The molecule has 0 saturated carbocycles. The van der Waals surface area contributed by atoms with E-state index in [9.17, 15) is 9.59 Å². The van der Waals surface area contributed by atoms with Crippen molar-refractivity contribution in [3.63, 3.8) is 0 Å². The summed E-state index contributed by atoms with van der Waals surface area (Å²) in [5, 5.41) is 3.20. The molecule has 1 aromatic carbocycles. The molecule has 3 atom stereocenters. The van der Waals surface area contributed by atoms with Gasteiger partial charge in [0.1, 0.15) is 11.6 Å². The second kappa shape index (κ2) is 6.48. The topological polar surface area (TPSA) is 64.6 Å². The van der Waals surface area contributed by atoms with Gasteiger partial charge in [0, 0.05) is 6.04 Å². The maximum atomic E-state index is 12.5. The largest absolute Gasteiger partial charge is 0.468 e. The van der Waals surface area contributed by atoms with E-state index in [1.807, 2.05) is 51.1 Å². The van der Waals surface area contributed by atoms with Crippen molar-refractivity contribution in [1.29, 1.82) is 0 Å². The van der Waals surface area contributed by atoms with Crippen molar-refractivity contribution in [1.82, 2.24) is 5.32 Å². The van der Waals surface area contributed by atoms with Crippen molar-refractivity contribution in [3.05, 3.63) is 35.9 Å². The average Bonchev–Trinajstić information content (AvgIpc) is 2.91. The fraction of sp³-hybridized carbons (Fsp3) is 0.529. The average molecular weight is 305 g/mol. The molecule has 22 heavy (non-hydrogen) atoms. The molecule has 3 unspecified atom stereocenters. The van der Waals surface area contributed by atoms with Crippen molar-refractivity contribution >= 4 is 11.9 Å². The Morgan fingerprint density at radius 2 is 1.77 bits per heavy atom. The number of hydrogen-bond acceptors (Lipinski definition) is 5. The predicted molar refractivity (Wildman–Crippen MR) is 82.1 cm³/mol. The van der Waals surface area contributed by atoms with Crippen LogP contribution in [0.4, 0.5) is 0 Å². The van der Waals surface area contributed by atoms with Gasteiger partial charge < -0.3 is 9.47 Å². The van der Waals surface area contributed by atoms with Crippen LogP contribution in [0.25, 0.3) is 0 Å². The Hall–Kier alpha value is -1.88. The molecule has 5 nitrogen and oxygen atoms in total. The van der Waals surface area contributed by atoms with E-state index in [0.717, 1.165) is 5.56 Å². The van der Waals surface area contributed by atoms with Crippen LogP contribution in [0.15, 0.2) is 30.3 Å². The molecule has 120 valence electrons. The zero-order chi connectivity index (χ0) is 16.3. The fourth-order valence-electron chi connectivity index (χ4n) is 2.70. The highest BCUT2D eigenvalue weighted by atomic mass is 16.6. The zero-order valence-corrected chi connectivity index (χ0v) is 13.5. The molecule has 1 aliphatic heterocycles. The van der Waals surface area contributed by atoms with E-state index < -0.39 is 17.6 Å². The molecule has 0 amide bonds. The van der Waals surface area contributed by atoms with Crippen molar-refractivity contribution in [2.45, 2.75) is 44.9 Å². The molecule has 0 spiro atoms. The van der Waals surface area contributed by atoms with E-state index in [1.165, 1.54) is 7.11 Å². The van der Waals surface area contributed by atoms with Gasteiger partial charge in [0.15, 0.2) is 0 Å². The third kappa shape index (κ3) is 3.85. The lowest BCUT2D eigenvalue weighted by Crippen LogP contribution is -2.33. The van der Waals surface area contributed by atoms with Crippen molar-refractivity contribution in [2.24, 2.45) is 5.92 Å². The highest BCUT2D eigenvalue weighted by molar-refractivity contribution is 5.80. The molecule has 1 N–H and O–H groups in total. The Balaban J connectivity index is 2.23. The molecule has 2 rings (SSSR count).